The molecule has 1 N–H and O–H groups in total. The molecule has 5 nitrogen and oxygen atoms in total. The summed E-state index contributed by atoms with van der Waals surface area (Å²) in [5, 5.41) is 2.86. The van der Waals surface area contributed by atoms with Crippen LogP contribution in [-0.4, -0.2) is 31.7 Å². The first-order valence-electron chi connectivity index (χ1n) is 10.4. The number of nitrogens with zero attached hydrogens (tertiary/aromatic N) is 1. The van der Waals surface area contributed by atoms with Crippen molar-refractivity contribution in [3.05, 3.63) is 59.7 Å². The molecular formula is C23H30N2O3S. The number of unbranched alkanes of at least 4 members (excludes halogenated alkanes) is 1. The summed E-state index contributed by atoms with van der Waals surface area (Å²) in [6.45, 7) is 5.37. The molecule has 1 aliphatic heterocycles. The Morgan fingerprint density at radius 2 is 1.79 bits per heavy atom. The lowest BCUT2D eigenvalue weighted by Gasteiger charge is -2.29. The van der Waals surface area contributed by atoms with E-state index in [1.165, 1.54) is 15.9 Å². The average Bonchev–Trinajstić information content (AvgIpc) is 2.73. The lowest BCUT2D eigenvalue weighted by molar-refractivity contribution is 0.102. The fraction of sp³-hybridized carbons (Fsp3) is 0.435. The summed E-state index contributed by atoms with van der Waals surface area (Å²) in [6, 6.07) is 14.1. The monoisotopic (exact) mass is 414 g/mol. The van der Waals surface area contributed by atoms with E-state index in [0.717, 1.165) is 32.1 Å². The van der Waals surface area contributed by atoms with E-state index in [2.05, 4.69) is 19.2 Å². The molecule has 1 saturated heterocycles. The summed E-state index contributed by atoms with van der Waals surface area (Å²) in [4.78, 5) is 12.8. The predicted octanol–water partition coefficient (Wildman–Crippen LogP) is 4.70. The van der Waals surface area contributed by atoms with Crippen LogP contribution in [0.3, 0.4) is 0 Å². The summed E-state index contributed by atoms with van der Waals surface area (Å²) < 4.78 is 27.4. The van der Waals surface area contributed by atoms with Gasteiger partial charge in [0.05, 0.1) is 4.90 Å². The van der Waals surface area contributed by atoms with Gasteiger partial charge in [0.15, 0.2) is 0 Å². The van der Waals surface area contributed by atoms with E-state index in [-0.39, 0.29) is 10.8 Å². The van der Waals surface area contributed by atoms with E-state index < -0.39 is 10.0 Å². The van der Waals surface area contributed by atoms with Gasteiger partial charge in [-0.15, -0.1) is 0 Å². The Balaban J connectivity index is 1.70. The number of amides is 1. The third-order valence-electron chi connectivity index (χ3n) is 5.51. The van der Waals surface area contributed by atoms with Crippen LogP contribution in [-0.2, 0) is 16.4 Å². The van der Waals surface area contributed by atoms with Crippen molar-refractivity contribution < 1.29 is 13.2 Å². The molecule has 1 aliphatic rings. The first kappa shape index (κ1) is 21.5. The number of nitrogens with one attached hydrogen (secondary N) is 1. The highest BCUT2D eigenvalue weighted by Gasteiger charge is 2.28. The van der Waals surface area contributed by atoms with Crippen LogP contribution < -0.4 is 5.32 Å². The van der Waals surface area contributed by atoms with Crippen molar-refractivity contribution in [2.24, 2.45) is 5.92 Å². The van der Waals surface area contributed by atoms with E-state index in [9.17, 15) is 13.2 Å². The molecule has 2 aromatic carbocycles. The van der Waals surface area contributed by atoms with E-state index in [1.807, 2.05) is 24.3 Å². The largest absolute Gasteiger partial charge is 0.322 e. The van der Waals surface area contributed by atoms with Gasteiger partial charge >= 0.3 is 0 Å². The number of hydrogen-bond acceptors (Lipinski definition) is 3. The predicted molar refractivity (Wildman–Crippen MR) is 117 cm³/mol. The van der Waals surface area contributed by atoms with Gasteiger partial charge in [-0.3, -0.25) is 4.79 Å². The van der Waals surface area contributed by atoms with Crippen molar-refractivity contribution in [2.75, 3.05) is 18.4 Å². The van der Waals surface area contributed by atoms with E-state index >= 15 is 0 Å². The maximum Gasteiger partial charge on any atom is 0.255 e. The van der Waals surface area contributed by atoms with Gasteiger partial charge in [0, 0.05) is 24.3 Å². The molecule has 0 aromatic heterocycles. The second-order valence-electron chi connectivity index (χ2n) is 7.87. The quantitative estimate of drug-likeness (QED) is 0.714. The van der Waals surface area contributed by atoms with E-state index in [1.54, 1.807) is 18.2 Å². The summed E-state index contributed by atoms with van der Waals surface area (Å²) in [5.41, 5.74) is 2.29. The minimum atomic E-state index is -3.58. The van der Waals surface area contributed by atoms with Crippen molar-refractivity contribution >= 4 is 21.6 Å². The molecule has 0 atom stereocenters. The second kappa shape index (κ2) is 9.55. The molecule has 0 unspecified atom stereocenters. The Morgan fingerprint density at radius 1 is 1.10 bits per heavy atom. The Hall–Kier alpha value is -2.18. The van der Waals surface area contributed by atoms with Gasteiger partial charge in [0.1, 0.15) is 0 Å². The summed E-state index contributed by atoms with van der Waals surface area (Å²) >= 11 is 0. The van der Waals surface area contributed by atoms with Gasteiger partial charge < -0.3 is 5.32 Å². The van der Waals surface area contributed by atoms with Crippen molar-refractivity contribution in [3.63, 3.8) is 0 Å². The van der Waals surface area contributed by atoms with Crippen LogP contribution in [0, 0.1) is 5.92 Å². The normalized spacial score (nSPS) is 15.9. The molecule has 0 bridgehead atoms. The highest BCUT2D eigenvalue weighted by Crippen LogP contribution is 2.24. The number of carbonyl (C=O) groups excluding carboxylic acids is 1. The van der Waals surface area contributed by atoms with Gasteiger partial charge in [-0.1, -0.05) is 38.5 Å². The van der Waals surface area contributed by atoms with Crippen molar-refractivity contribution in [2.45, 2.75) is 50.8 Å². The topological polar surface area (TPSA) is 66.5 Å². The van der Waals surface area contributed by atoms with Crippen LogP contribution in [0.1, 0.15) is 55.5 Å². The number of anilines is 1. The fourth-order valence-corrected chi connectivity index (χ4v) is 5.03. The molecule has 0 radical (unpaired) electrons. The summed E-state index contributed by atoms with van der Waals surface area (Å²) in [6.07, 6.45) is 5.05. The van der Waals surface area contributed by atoms with Crippen molar-refractivity contribution in [3.8, 4) is 0 Å². The Labute approximate surface area is 174 Å². The fourth-order valence-electron chi connectivity index (χ4n) is 3.51. The van der Waals surface area contributed by atoms with Crippen LogP contribution in [0.15, 0.2) is 53.4 Å². The van der Waals surface area contributed by atoms with Crippen LogP contribution >= 0.6 is 0 Å². The number of benzene rings is 2. The molecule has 1 fully saturated rings. The van der Waals surface area contributed by atoms with Gasteiger partial charge in [0.25, 0.3) is 5.91 Å². The number of rotatable bonds is 7. The molecule has 0 spiro atoms. The number of sulfonamides is 1. The molecule has 2 aromatic rings. The maximum absolute atomic E-state index is 12.9. The molecule has 29 heavy (non-hydrogen) atoms. The Bertz CT molecular complexity index is 931. The molecule has 156 valence electrons. The van der Waals surface area contributed by atoms with Crippen LogP contribution in [0.25, 0.3) is 0 Å². The highest BCUT2D eigenvalue weighted by atomic mass is 32.2. The molecular weight excluding hydrogens is 384 g/mol. The van der Waals surface area contributed by atoms with E-state index in [4.69, 9.17) is 0 Å². The smallest absolute Gasteiger partial charge is 0.255 e. The summed E-state index contributed by atoms with van der Waals surface area (Å²) in [5.74, 6) is 0.238. The lowest BCUT2D eigenvalue weighted by atomic mass is 10.0. The van der Waals surface area contributed by atoms with Gasteiger partial charge in [0.2, 0.25) is 10.0 Å². The zero-order valence-corrected chi connectivity index (χ0v) is 18.0. The maximum atomic E-state index is 12.9. The number of aryl methyl sites for hydroxylation is 1. The first-order chi connectivity index (χ1) is 13.9. The standard InChI is InChI=1S/C23H30N2O3S/c1-3-4-6-19-9-11-21(12-10-19)24-23(26)20-7-5-8-22(17-20)29(27,28)25-15-13-18(2)14-16-25/h5,7-12,17-18H,3-4,6,13-16H2,1-2H3,(H,24,26). The van der Waals surface area contributed by atoms with Gasteiger partial charge in [-0.2, -0.15) is 4.31 Å². The Kier molecular flexibility index (Phi) is 7.09. The molecule has 0 aliphatic carbocycles. The lowest BCUT2D eigenvalue weighted by Crippen LogP contribution is -2.37. The van der Waals surface area contributed by atoms with Crippen LogP contribution in [0.2, 0.25) is 0 Å². The van der Waals surface area contributed by atoms with Gasteiger partial charge in [-0.05, 0) is 67.5 Å². The van der Waals surface area contributed by atoms with Crippen molar-refractivity contribution in [1.29, 1.82) is 0 Å². The third-order valence-corrected chi connectivity index (χ3v) is 7.40. The first-order valence-corrected chi connectivity index (χ1v) is 11.8. The minimum absolute atomic E-state index is 0.176. The summed E-state index contributed by atoms with van der Waals surface area (Å²) in [7, 11) is -3.58. The zero-order chi connectivity index (χ0) is 20.9. The Morgan fingerprint density at radius 3 is 2.45 bits per heavy atom. The molecule has 0 saturated carbocycles. The second-order valence-corrected chi connectivity index (χ2v) is 9.81. The molecule has 6 heteroatoms. The zero-order valence-electron chi connectivity index (χ0n) is 17.2. The third kappa shape index (κ3) is 5.46. The SMILES string of the molecule is CCCCc1ccc(NC(=O)c2cccc(S(=O)(=O)N3CCC(C)CC3)c2)cc1. The van der Waals surface area contributed by atoms with Crippen molar-refractivity contribution in [1.82, 2.24) is 4.31 Å². The van der Waals surface area contributed by atoms with Gasteiger partial charge in [-0.25, -0.2) is 8.42 Å². The van der Waals surface area contributed by atoms with Crippen LogP contribution in [0.4, 0.5) is 5.69 Å². The number of piperidine rings is 1. The number of hydrogen-bond donors (Lipinski definition) is 1. The van der Waals surface area contributed by atoms with Crippen LogP contribution in [0.5, 0.6) is 0 Å². The minimum Gasteiger partial charge on any atom is -0.322 e. The molecule has 1 amide bonds. The highest BCUT2D eigenvalue weighted by molar-refractivity contribution is 7.89. The molecule has 3 rings (SSSR count). The number of carbonyl (C=O) groups is 1. The van der Waals surface area contributed by atoms with E-state index in [0.29, 0.717) is 30.3 Å². The average molecular weight is 415 g/mol. The molecule has 1 heterocycles.